The van der Waals surface area contributed by atoms with Crippen molar-refractivity contribution in [3.63, 3.8) is 0 Å². The average Bonchev–Trinajstić information content (AvgIpc) is 2.49. The van der Waals surface area contributed by atoms with Gasteiger partial charge in [-0.2, -0.15) is 12.7 Å². The van der Waals surface area contributed by atoms with E-state index in [1.54, 1.807) is 6.07 Å². The topological polar surface area (TPSA) is 49.4 Å². The van der Waals surface area contributed by atoms with Crippen molar-refractivity contribution in [2.75, 3.05) is 11.3 Å². The van der Waals surface area contributed by atoms with E-state index in [2.05, 4.69) is 4.72 Å². The Kier molecular flexibility index (Phi) is 3.65. The molecule has 0 saturated carbocycles. The highest BCUT2D eigenvalue weighted by molar-refractivity contribution is 7.90. The van der Waals surface area contributed by atoms with Crippen LogP contribution in [0, 0.1) is 5.82 Å². The molecule has 0 atom stereocenters. The summed E-state index contributed by atoms with van der Waals surface area (Å²) in [6.07, 6.45) is 0.661. The molecule has 0 unspecified atom stereocenters. The zero-order valence-corrected chi connectivity index (χ0v) is 12.1. The summed E-state index contributed by atoms with van der Waals surface area (Å²) in [7, 11) is -3.76. The highest BCUT2D eigenvalue weighted by Crippen LogP contribution is 2.22. The second kappa shape index (κ2) is 5.46. The number of hydrogen-bond donors (Lipinski definition) is 1. The van der Waals surface area contributed by atoms with Crippen LogP contribution in [0.4, 0.5) is 10.1 Å². The van der Waals surface area contributed by atoms with Gasteiger partial charge < -0.3 is 0 Å². The zero-order valence-electron chi connectivity index (χ0n) is 11.3. The summed E-state index contributed by atoms with van der Waals surface area (Å²) in [5.74, 6) is -0.585. The maximum Gasteiger partial charge on any atom is 0.302 e. The molecule has 1 N–H and O–H groups in total. The SMILES string of the molecule is O=S(=O)(Nc1ccccc1F)N1CCc2ccccc2C1. The number of nitrogens with one attached hydrogen (secondary N) is 1. The average molecular weight is 306 g/mol. The Morgan fingerprint density at radius 2 is 1.67 bits per heavy atom. The molecule has 4 nitrogen and oxygen atoms in total. The van der Waals surface area contributed by atoms with Crippen LogP contribution in [0.2, 0.25) is 0 Å². The quantitative estimate of drug-likeness (QED) is 0.947. The summed E-state index contributed by atoms with van der Waals surface area (Å²) in [4.78, 5) is 0. The van der Waals surface area contributed by atoms with Gasteiger partial charge in [0.15, 0.2) is 0 Å². The lowest BCUT2D eigenvalue weighted by Crippen LogP contribution is -2.39. The van der Waals surface area contributed by atoms with Gasteiger partial charge >= 0.3 is 10.2 Å². The third-order valence-electron chi connectivity index (χ3n) is 3.55. The lowest BCUT2D eigenvalue weighted by Gasteiger charge is -2.28. The predicted molar refractivity (Wildman–Crippen MR) is 79.5 cm³/mol. The van der Waals surface area contributed by atoms with Crippen molar-refractivity contribution >= 4 is 15.9 Å². The van der Waals surface area contributed by atoms with Gasteiger partial charge in [-0.3, -0.25) is 4.72 Å². The molecule has 3 rings (SSSR count). The molecule has 1 aliphatic rings. The van der Waals surface area contributed by atoms with Gasteiger partial charge in [0.2, 0.25) is 0 Å². The van der Waals surface area contributed by atoms with Crippen molar-refractivity contribution in [2.45, 2.75) is 13.0 Å². The van der Waals surface area contributed by atoms with Crippen LogP contribution >= 0.6 is 0 Å². The van der Waals surface area contributed by atoms with Gasteiger partial charge in [0, 0.05) is 13.1 Å². The fourth-order valence-electron chi connectivity index (χ4n) is 2.42. The Balaban J connectivity index is 1.82. The van der Waals surface area contributed by atoms with E-state index in [1.807, 2.05) is 24.3 Å². The second-order valence-electron chi connectivity index (χ2n) is 4.94. The first-order valence-corrected chi connectivity index (χ1v) is 8.09. The highest BCUT2D eigenvalue weighted by atomic mass is 32.2. The number of nitrogens with zero attached hydrogens (tertiary/aromatic N) is 1. The third kappa shape index (κ3) is 2.91. The molecule has 2 aromatic rings. The van der Waals surface area contributed by atoms with Gasteiger partial charge in [-0.25, -0.2) is 4.39 Å². The minimum absolute atomic E-state index is 0.0311. The summed E-state index contributed by atoms with van der Waals surface area (Å²) in [6.45, 7) is 0.695. The fraction of sp³-hybridized carbons (Fsp3) is 0.200. The molecule has 0 fully saturated rings. The molecule has 0 aromatic heterocycles. The fourth-order valence-corrected chi connectivity index (χ4v) is 3.64. The van der Waals surface area contributed by atoms with Gasteiger partial charge in [-0.05, 0) is 29.7 Å². The zero-order chi connectivity index (χ0) is 14.9. The summed E-state index contributed by atoms with van der Waals surface area (Å²) in [5, 5.41) is 0. The molecule has 2 aromatic carbocycles. The standard InChI is InChI=1S/C15H15FN2O2S/c16-14-7-3-4-8-15(14)17-21(19,20)18-10-9-12-5-1-2-6-13(12)11-18/h1-8,17H,9-11H2. The normalized spacial score (nSPS) is 15.5. The molecule has 0 amide bonds. The van der Waals surface area contributed by atoms with Crippen LogP contribution in [0.1, 0.15) is 11.1 Å². The summed E-state index contributed by atoms with van der Waals surface area (Å²) >= 11 is 0. The molecule has 0 radical (unpaired) electrons. The van der Waals surface area contributed by atoms with E-state index < -0.39 is 16.0 Å². The van der Waals surface area contributed by atoms with Gasteiger partial charge in [0.05, 0.1) is 5.69 Å². The van der Waals surface area contributed by atoms with E-state index in [1.165, 1.54) is 22.5 Å². The van der Waals surface area contributed by atoms with E-state index >= 15 is 0 Å². The van der Waals surface area contributed by atoms with Gasteiger partial charge in [0.25, 0.3) is 0 Å². The van der Waals surface area contributed by atoms with E-state index in [-0.39, 0.29) is 5.69 Å². The van der Waals surface area contributed by atoms with Gasteiger partial charge in [-0.1, -0.05) is 36.4 Å². The lowest BCUT2D eigenvalue weighted by molar-refractivity contribution is 0.394. The van der Waals surface area contributed by atoms with Crippen LogP contribution in [0.25, 0.3) is 0 Å². The van der Waals surface area contributed by atoms with Gasteiger partial charge in [0.1, 0.15) is 5.82 Å². The first-order valence-electron chi connectivity index (χ1n) is 6.65. The maximum atomic E-state index is 13.6. The number of hydrogen-bond acceptors (Lipinski definition) is 2. The number of rotatable bonds is 3. The molecule has 0 bridgehead atoms. The maximum absolute atomic E-state index is 13.6. The Morgan fingerprint density at radius 1 is 1.00 bits per heavy atom. The van der Waals surface area contributed by atoms with Crippen LogP contribution < -0.4 is 4.72 Å². The van der Waals surface area contributed by atoms with Crippen LogP contribution in [0.3, 0.4) is 0 Å². The lowest BCUT2D eigenvalue weighted by atomic mass is 10.0. The van der Waals surface area contributed by atoms with Crippen LogP contribution in [0.15, 0.2) is 48.5 Å². The smallest absolute Gasteiger partial charge is 0.268 e. The first kappa shape index (κ1) is 14.0. The number of para-hydroxylation sites is 1. The Bertz CT molecular complexity index is 762. The molecule has 0 spiro atoms. The second-order valence-corrected chi connectivity index (χ2v) is 6.61. The molecule has 110 valence electrons. The third-order valence-corrected chi connectivity index (χ3v) is 5.02. The number of halogens is 1. The van der Waals surface area contributed by atoms with Crippen molar-refractivity contribution in [1.82, 2.24) is 4.31 Å². The molecular formula is C15H15FN2O2S. The molecule has 0 aliphatic carbocycles. The Hall–Kier alpha value is -1.92. The number of fused-ring (bicyclic) bond motifs is 1. The molecule has 21 heavy (non-hydrogen) atoms. The van der Waals surface area contributed by atoms with Crippen molar-refractivity contribution in [3.05, 3.63) is 65.5 Å². The molecule has 0 saturated heterocycles. The van der Waals surface area contributed by atoms with E-state index in [4.69, 9.17) is 0 Å². The molecule has 6 heteroatoms. The van der Waals surface area contributed by atoms with Crippen molar-refractivity contribution in [3.8, 4) is 0 Å². The van der Waals surface area contributed by atoms with Crippen LogP contribution in [0.5, 0.6) is 0 Å². The summed E-state index contributed by atoms with van der Waals surface area (Å²) in [5.41, 5.74) is 2.12. The monoisotopic (exact) mass is 306 g/mol. The largest absolute Gasteiger partial charge is 0.302 e. The number of benzene rings is 2. The van der Waals surface area contributed by atoms with E-state index in [9.17, 15) is 12.8 Å². The number of anilines is 1. The molecular weight excluding hydrogens is 291 g/mol. The summed E-state index contributed by atoms with van der Waals surface area (Å²) < 4.78 is 42.0. The minimum Gasteiger partial charge on any atom is -0.268 e. The Morgan fingerprint density at radius 3 is 2.43 bits per heavy atom. The van der Waals surface area contributed by atoms with E-state index in [0.717, 1.165) is 11.1 Å². The molecule has 1 aliphatic heterocycles. The highest BCUT2D eigenvalue weighted by Gasteiger charge is 2.27. The first-order chi connectivity index (χ1) is 10.1. The van der Waals surface area contributed by atoms with Crippen molar-refractivity contribution in [1.29, 1.82) is 0 Å². The minimum atomic E-state index is -3.76. The van der Waals surface area contributed by atoms with Crippen molar-refractivity contribution in [2.24, 2.45) is 0 Å². The Labute approximate surface area is 123 Å². The van der Waals surface area contributed by atoms with Gasteiger partial charge in [-0.15, -0.1) is 0 Å². The van der Waals surface area contributed by atoms with E-state index in [0.29, 0.717) is 19.5 Å². The van der Waals surface area contributed by atoms with Crippen LogP contribution in [-0.2, 0) is 23.2 Å². The summed E-state index contributed by atoms with van der Waals surface area (Å²) in [6, 6.07) is 13.5. The van der Waals surface area contributed by atoms with Crippen molar-refractivity contribution < 1.29 is 12.8 Å². The van der Waals surface area contributed by atoms with Crippen LogP contribution in [-0.4, -0.2) is 19.3 Å². The molecule has 1 heterocycles. The predicted octanol–water partition coefficient (Wildman–Crippen LogP) is 2.54.